The number of sulfone groups is 2. The number of piperazine rings is 2. The van der Waals surface area contributed by atoms with E-state index in [4.69, 9.17) is 65.7 Å². The number of ether oxygens (including phenoxy) is 3. The Bertz CT molecular complexity index is 6940. The molecule has 3 aliphatic heterocycles. The van der Waals surface area contributed by atoms with Crippen LogP contribution >= 0.6 is 75.0 Å². The smallest absolute Gasteiger partial charge is 0.229 e. The molecule has 3 aliphatic rings. The lowest BCUT2D eigenvalue weighted by atomic mass is 10.0. The first-order valence-corrected chi connectivity index (χ1v) is 61.8. The van der Waals surface area contributed by atoms with E-state index in [2.05, 4.69) is 139 Å². The highest BCUT2D eigenvalue weighted by atomic mass is 35.5. The molecule has 15 rings (SSSR count). The van der Waals surface area contributed by atoms with Crippen LogP contribution in [0.1, 0.15) is 73.8 Å². The van der Waals surface area contributed by atoms with Crippen LogP contribution in [0.5, 0.6) is 17.2 Å². The number of anilines is 18. The predicted octanol–water partition coefficient (Wildman–Crippen LogP) is 21.1. The molecule has 7 heterocycles. The molecule has 0 radical (unpaired) electrons. The third-order valence-electron chi connectivity index (χ3n) is 25.4. The van der Waals surface area contributed by atoms with Crippen LogP contribution in [-0.2, 0) is 37.9 Å². The zero-order valence-corrected chi connectivity index (χ0v) is 93.0. The number of β-amino-alcohol motifs (C(OH)–C–C–N with tert-alkyl or cyclic N) is 1. The number of aromatic nitrogens is 8. The molecule has 0 bridgehead atoms. The second-order valence-electron chi connectivity index (χ2n) is 36.3. The highest BCUT2D eigenvalue weighted by Crippen LogP contribution is 2.49. The SMILES string of the molecule is CCP(=O)(CC)c1ccc(Nc2ncc(Cl)c(Nc3ccccc3S(=O)(=O)C(C)C)n2)c(OC)c1.CCP(=O)(CC)c1ccccc1Nc1nc(Nc2ccc(P(C)(C)=O)cc2OC)ncc1Cl.COc1cc(N2CCN(CCO)CC2)ccc1Nc1ncc(Cl)c(Nc2ccccc2P(C)(C)=O)n1.Cc1cc(N2CCC(N3CCN(C)CC3)CC2)ccc1Nc1ncc(Cl)c(Nc2ccccc2S(=O)(=O)C(C)C)n1. The van der Waals surface area contributed by atoms with Gasteiger partial charge in [0.25, 0.3) is 0 Å². The third kappa shape index (κ3) is 29.2. The second kappa shape index (κ2) is 50.8. The average Bonchev–Trinajstić information content (AvgIpc) is 0.789. The van der Waals surface area contributed by atoms with Crippen molar-refractivity contribution in [3.63, 3.8) is 0 Å². The number of nitrogens with zero attached hydrogens (tertiary/aromatic N) is 13. The fraction of sp³-hybridized carbons (Fsp3) is 0.373. The Kier molecular flexibility index (Phi) is 39.6. The van der Waals surface area contributed by atoms with Gasteiger partial charge in [0.2, 0.25) is 23.8 Å². The van der Waals surface area contributed by atoms with Gasteiger partial charge in [-0.1, -0.05) is 123 Å². The highest BCUT2D eigenvalue weighted by Gasteiger charge is 2.32. The van der Waals surface area contributed by atoms with Crippen LogP contribution < -0.4 is 87.8 Å². The van der Waals surface area contributed by atoms with Crippen molar-refractivity contribution in [2.75, 3.05) is 211 Å². The lowest BCUT2D eigenvalue weighted by Gasteiger charge is -2.42. The van der Waals surface area contributed by atoms with Crippen molar-refractivity contribution in [3.05, 3.63) is 220 Å². The van der Waals surface area contributed by atoms with E-state index in [9.17, 15) is 35.1 Å². The molecule has 9 N–H and O–H groups in total. The number of hydrogen-bond acceptors (Lipinski definition) is 33. The van der Waals surface area contributed by atoms with Crippen molar-refractivity contribution >= 4 is 220 Å². The summed E-state index contributed by atoms with van der Waals surface area (Å²) in [7, 11) is -10.0. The maximum absolute atomic E-state index is 13.4. The number of nitrogens with one attached hydrogen (secondary N) is 8. The van der Waals surface area contributed by atoms with Crippen LogP contribution in [0.2, 0.25) is 20.1 Å². The van der Waals surface area contributed by atoms with Gasteiger partial charge in [0, 0.05) is 147 Å². The predicted molar refractivity (Wildman–Crippen MR) is 600 cm³/mol. The van der Waals surface area contributed by atoms with E-state index >= 15 is 0 Å². The first kappa shape index (κ1) is 113. The van der Waals surface area contributed by atoms with Gasteiger partial charge in [-0.2, -0.15) is 19.9 Å². The van der Waals surface area contributed by atoms with Crippen molar-refractivity contribution in [1.29, 1.82) is 0 Å². The van der Waals surface area contributed by atoms with Gasteiger partial charge < -0.3 is 94.8 Å². The van der Waals surface area contributed by atoms with Gasteiger partial charge in [0.1, 0.15) is 65.9 Å². The van der Waals surface area contributed by atoms with Gasteiger partial charge in [-0.05, 0) is 202 Å². The molecule has 8 aromatic carbocycles. The van der Waals surface area contributed by atoms with E-state index in [1.54, 1.807) is 147 Å². The molecule has 776 valence electrons. The topological polar surface area (TPSA) is 400 Å². The van der Waals surface area contributed by atoms with E-state index < -0.39 is 58.7 Å². The maximum atomic E-state index is 13.4. The Morgan fingerprint density at radius 1 is 0.400 bits per heavy atom. The highest BCUT2D eigenvalue weighted by molar-refractivity contribution is 7.92. The van der Waals surface area contributed by atoms with E-state index in [-0.39, 0.29) is 33.2 Å². The molecule has 0 saturated carbocycles. The Morgan fingerprint density at radius 3 is 1.15 bits per heavy atom. The summed E-state index contributed by atoms with van der Waals surface area (Å²) in [4.78, 5) is 47.7. The van der Waals surface area contributed by atoms with E-state index in [1.165, 1.54) is 63.5 Å². The molecule has 4 aromatic heterocycles. The minimum absolute atomic E-state index is 0.160. The number of benzene rings is 8. The zero-order valence-electron chi connectivity index (χ0n) is 84.8. The number of para-hydroxylation sites is 4. The monoisotopic (exact) mass is 2170 g/mol. The Labute approximate surface area is 872 Å². The van der Waals surface area contributed by atoms with Gasteiger partial charge in [0.15, 0.2) is 42.9 Å². The fourth-order valence-corrected chi connectivity index (χ4v) is 25.4. The normalized spacial score (nSPS) is 14.2. The zero-order chi connectivity index (χ0) is 105. The first-order chi connectivity index (χ1) is 69.0. The van der Waals surface area contributed by atoms with Crippen LogP contribution in [0.3, 0.4) is 0 Å². The Balaban J connectivity index is 0.000000173. The molecule has 0 unspecified atom stereocenters. The van der Waals surface area contributed by atoms with Crippen LogP contribution in [0.4, 0.5) is 104 Å². The van der Waals surface area contributed by atoms with Gasteiger partial charge in [-0.25, -0.2) is 36.8 Å². The molecule has 0 amide bonds. The van der Waals surface area contributed by atoms with E-state index in [1.807, 2.05) is 100 Å². The van der Waals surface area contributed by atoms with Crippen LogP contribution in [0.15, 0.2) is 204 Å². The van der Waals surface area contributed by atoms with Crippen molar-refractivity contribution in [3.8, 4) is 17.2 Å². The summed E-state index contributed by atoms with van der Waals surface area (Å²) in [6, 6.07) is 52.1. The minimum Gasteiger partial charge on any atom is -0.495 e. The molecule has 3 saturated heterocycles. The molecule has 43 heteroatoms. The number of rotatable bonds is 36. The summed E-state index contributed by atoms with van der Waals surface area (Å²) < 4.78 is 120. The largest absolute Gasteiger partial charge is 0.495 e. The fourth-order valence-electron chi connectivity index (χ4n) is 16.5. The number of methoxy groups -OCH3 is 3. The van der Waals surface area contributed by atoms with Gasteiger partial charge in [-0.15, -0.1) is 0 Å². The van der Waals surface area contributed by atoms with Crippen molar-refractivity contribution in [2.24, 2.45) is 0 Å². The summed E-state index contributed by atoms with van der Waals surface area (Å²) in [5.74, 6) is 4.31. The molecule has 0 aliphatic carbocycles. The van der Waals surface area contributed by atoms with Crippen molar-refractivity contribution < 1.29 is 54.4 Å². The lowest BCUT2D eigenvalue weighted by Crippen LogP contribution is -2.52. The van der Waals surface area contributed by atoms with Gasteiger partial charge in [0.05, 0.1) is 113 Å². The molecule has 3 fully saturated rings. The van der Waals surface area contributed by atoms with Gasteiger partial charge in [-0.3, -0.25) is 9.80 Å². The molecular weight excluding hydrogens is 2040 g/mol. The minimum atomic E-state index is -3.53. The molecule has 145 heavy (non-hydrogen) atoms. The van der Waals surface area contributed by atoms with Crippen LogP contribution in [0.25, 0.3) is 0 Å². The van der Waals surface area contributed by atoms with Crippen molar-refractivity contribution in [2.45, 2.75) is 101 Å². The molecule has 0 spiro atoms. The second-order valence-corrected chi connectivity index (χ2v) is 56.3. The number of aliphatic hydroxyl groups is 1. The third-order valence-corrected chi connectivity index (χ3v) is 40.5. The number of aryl methyl sites for hydroxylation is 1. The molecular formula is C102H131Cl4N21O12P4S2. The van der Waals surface area contributed by atoms with Crippen LogP contribution in [0, 0.1) is 6.92 Å². The van der Waals surface area contributed by atoms with Gasteiger partial charge >= 0.3 is 0 Å². The summed E-state index contributed by atoms with van der Waals surface area (Å²) in [5.41, 5.74) is 8.42. The Morgan fingerprint density at radius 2 is 0.752 bits per heavy atom. The number of piperidine rings is 1. The summed E-state index contributed by atoms with van der Waals surface area (Å²) in [6.07, 6.45) is 10.6. The summed E-state index contributed by atoms with van der Waals surface area (Å²) in [6.45, 7) is 34.5. The number of aliphatic hydroxyl groups excluding tert-OH is 1. The number of hydrogen-bond donors (Lipinski definition) is 9. The standard InChI is InChI=1S/C30H40ClN7O2S.C25H32ClN6O3P.C24H30ClN4O4PS.C23H29ClN4O3P2/c1-21(2)41(39,40)28-8-6-5-7-27(28)33-29-25(31)20-32-30(35-29)34-26-10-9-24(19-22(26)3)37-13-11-23(12-14-37)38-17-15-36(4)16-18-38;1-35-22-16-18(32-12-10-31(11-13-32)14-15-33)8-9-20(22)29-25-27-17-19(26)24(30-25)28-21-6-4-5-7-23(21)36(2,3)34;1-6-34(30,7-2)17-12-13-19(21(14-17)33-5)28-24-26-15-18(25)23(29-24)27-20-10-8-9-11-22(20)35(31,32)16(3)4;1-6-33(30,7-2)21-11-9-8-10-19(21)26-22-17(24)15-25-23(28-22)27-18-13-12-16(32(4,5)29)14-20(18)31-3/h5-10,19-21,23H,11-18H2,1-4H3,(H2,32,33,34,35);4-9,16-17,33H,10-15H2,1-3H3,(H2,27,28,29,30);8-16H,6-7H2,1-5H3,(H2,26,27,28,29);8-15H,6-7H2,1-5H3,(H2,25,26,27,28). The van der Waals surface area contributed by atoms with Crippen molar-refractivity contribution in [1.82, 2.24) is 54.6 Å². The summed E-state index contributed by atoms with van der Waals surface area (Å²) >= 11 is 25.5. The van der Waals surface area contributed by atoms with E-state index in [0.717, 1.165) is 96.2 Å². The number of likely N-dealkylation sites (N-methyl/N-ethyl adjacent to an activating group) is 1. The Hall–Kier alpha value is -10.7. The quantitative estimate of drug-likeness (QED) is 0.0165. The molecule has 12 aromatic rings. The lowest BCUT2D eigenvalue weighted by molar-refractivity contribution is 0.0982. The molecule has 0 atom stereocenters. The average molecular weight is 2170 g/mol. The molecule has 33 nitrogen and oxygen atoms in total. The summed E-state index contributed by atoms with van der Waals surface area (Å²) in [5, 5.41) is 37.5. The maximum Gasteiger partial charge on any atom is 0.229 e. The first-order valence-electron chi connectivity index (χ1n) is 47.9. The van der Waals surface area contributed by atoms with E-state index in [0.29, 0.717) is 139 Å². The number of halogens is 4. The van der Waals surface area contributed by atoms with Crippen LogP contribution in [-0.4, -0.2) is 251 Å².